The molecule has 1 heterocycles. The summed E-state index contributed by atoms with van der Waals surface area (Å²) in [5, 5.41) is 1.36. The van der Waals surface area contributed by atoms with Crippen molar-refractivity contribution in [2.45, 2.75) is 18.4 Å². The molecule has 88 valence electrons. The summed E-state index contributed by atoms with van der Waals surface area (Å²) in [7, 11) is 2.10. The van der Waals surface area contributed by atoms with Gasteiger partial charge < -0.3 is 10.6 Å². The van der Waals surface area contributed by atoms with Crippen molar-refractivity contribution in [2.24, 2.45) is 5.73 Å². The van der Waals surface area contributed by atoms with Gasteiger partial charge in [-0.15, -0.1) is 0 Å². The number of nitrogens with zero attached hydrogens (tertiary/aromatic N) is 1. The van der Waals surface area contributed by atoms with Crippen LogP contribution in [0.5, 0.6) is 0 Å². The second-order valence-corrected chi connectivity index (χ2v) is 5.37. The fourth-order valence-corrected chi connectivity index (χ4v) is 3.01. The Bertz CT molecular complexity index is 364. The molecule has 1 aromatic carbocycles. The maximum Gasteiger partial charge on any atom is 0.0471 e. The molecule has 2 nitrogen and oxygen atoms in total. The third-order valence-electron chi connectivity index (χ3n) is 3.34. The molecule has 0 unspecified atom stereocenters. The molecule has 1 aliphatic rings. The van der Waals surface area contributed by atoms with Gasteiger partial charge in [-0.05, 0) is 45.1 Å². The molecular weight excluding hydrogens is 243 g/mol. The maximum absolute atomic E-state index is 6.45. The van der Waals surface area contributed by atoms with Crippen molar-refractivity contribution >= 4 is 23.2 Å². The fraction of sp³-hybridized carbons (Fsp3) is 0.500. The van der Waals surface area contributed by atoms with Gasteiger partial charge in [0.05, 0.1) is 0 Å². The Kier molecular flexibility index (Phi) is 3.45. The third kappa shape index (κ3) is 2.21. The van der Waals surface area contributed by atoms with E-state index in [0.29, 0.717) is 10.0 Å². The van der Waals surface area contributed by atoms with Crippen molar-refractivity contribution in [3.63, 3.8) is 0 Å². The van der Waals surface area contributed by atoms with Crippen LogP contribution in [0.2, 0.25) is 10.0 Å². The van der Waals surface area contributed by atoms with E-state index in [-0.39, 0.29) is 5.54 Å². The van der Waals surface area contributed by atoms with Gasteiger partial charge in [0.1, 0.15) is 0 Å². The minimum atomic E-state index is -0.373. The summed E-state index contributed by atoms with van der Waals surface area (Å²) in [4.78, 5) is 2.27. The first-order valence-electron chi connectivity index (χ1n) is 5.45. The highest BCUT2D eigenvalue weighted by Crippen LogP contribution is 2.38. The van der Waals surface area contributed by atoms with Crippen molar-refractivity contribution in [3.05, 3.63) is 33.8 Å². The second kappa shape index (κ2) is 4.53. The molecule has 0 bridgehead atoms. The summed E-state index contributed by atoms with van der Waals surface area (Å²) in [6, 6.07) is 5.57. The van der Waals surface area contributed by atoms with Gasteiger partial charge in [0.2, 0.25) is 0 Å². The molecule has 1 fully saturated rings. The van der Waals surface area contributed by atoms with E-state index in [1.165, 1.54) is 0 Å². The van der Waals surface area contributed by atoms with E-state index < -0.39 is 0 Å². The molecule has 0 aliphatic carbocycles. The van der Waals surface area contributed by atoms with Crippen LogP contribution in [0, 0.1) is 0 Å². The average molecular weight is 259 g/mol. The van der Waals surface area contributed by atoms with Crippen LogP contribution < -0.4 is 5.73 Å². The van der Waals surface area contributed by atoms with Crippen molar-refractivity contribution < 1.29 is 0 Å². The first-order valence-corrected chi connectivity index (χ1v) is 6.20. The van der Waals surface area contributed by atoms with Crippen LogP contribution in [-0.4, -0.2) is 25.0 Å². The summed E-state index contributed by atoms with van der Waals surface area (Å²) in [6.07, 6.45) is 1.79. The van der Waals surface area contributed by atoms with Gasteiger partial charge >= 0.3 is 0 Å². The van der Waals surface area contributed by atoms with E-state index in [2.05, 4.69) is 11.9 Å². The highest BCUT2D eigenvalue weighted by Gasteiger charge is 2.34. The topological polar surface area (TPSA) is 29.3 Å². The fourth-order valence-electron chi connectivity index (χ4n) is 2.24. The zero-order valence-electron chi connectivity index (χ0n) is 9.34. The number of halogens is 2. The Labute approximate surface area is 106 Å². The lowest BCUT2D eigenvalue weighted by atomic mass is 9.82. The van der Waals surface area contributed by atoms with E-state index in [1.807, 2.05) is 18.2 Å². The van der Waals surface area contributed by atoms with Crippen LogP contribution in [0.15, 0.2) is 18.2 Å². The molecule has 0 saturated carbocycles. The third-order valence-corrected chi connectivity index (χ3v) is 3.97. The molecule has 2 N–H and O–H groups in total. The zero-order valence-corrected chi connectivity index (χ0v) is 10.9. The zero-order chi connectivity index (χ0) is 11.8. The Morgan fingerprint density at radius 2 is 1.69 bits per heavy atom. The first-order chi connectivity index (χ1) is 7.53. The predicted octanol–water partition coefficient (Wildman–Crippen LogP) is 2.87. The smallest absolute Gasteiger partial charge is 0.0471 e. The van der Waals surface area contributed by atoms with E-state index >= 15 is 0 Å². The van der Waals surface area contributed by atoms with Crippen LogP contribution in [0.4, 0.5) is 0 Å². The van der Waals surface area contributed by atoms with Crippen LogP contribution in [-0.2, 0) is 5.54 Å². The summed E-state index contributed by atoms with van der Waals surface area (Å²) >= 11 is 12.4. The summed E-state index contributed by atoms with van der Waals surface area (Å²) in [5.74, 6) is 0. The molecule has 0 aromatic heterocycles. The van der Waals surface area contributed by atoms with Crippen LogP contribution in [0.1, 0.15) is 18.4 Å². The van der Waals surface area contributed by atoms with E-state index in [9.17, 15) is 0 Å². The van der Waals surface area contributed by atoms with Crippen molar-refractivity contribution in [3.8, 4) is 0 Å². The summed E-state index contributed by atoms with van der Waals surface area (Å²) in [6.45, 7) is 1.97. The Morgan fingerprint density at radius 3 is 2.19 bits per heavy atom. The maximum atomic E-state index is 6.45. The number of benzene rings is 1. The van der Waals surface area contributed by atoms with Crippen molar-refractivity contribution in [2.75, 3.05) is 20.1 Å². The van der Waals surface area contributed by atoms with Crippen LogP contribution in [0.3, 0.4) is 0 Å². The molecule has 0 spiro atoms. The monoisotopic (exact) mass is 258 g/mol. The van der Waals surface area contributed by atoms with Crippen molar-refractivity contribution in [1.82, 2.24) is 4.90 Å². The SMILES string of the molecule is CN1CCC(N)(c2c(Cl)cccc2Cl)CC1. The molecule has 16 heavy (non-hydrogen) atoms. The standard InChI is InChI=1S/C12H16Cl2N2/c1-16-7-5-12(15,6-8-16)11-9(13)3-2-4-10(11)14/h2-4H,5-8,15H2,1H3. The number of piperidine rings is 1. The number of hydrogen-bond acceptors (Lipinski definition) is 2. The first kappa shape index (κ1) is 12.2. The Balaban J connectivity index is 2.36. The molecule has 4 heteroatoms. The highest BCUT2D eigenvalue weighted by atomic mass is 35.5. The van der Waals surface area contributed by atoms with Gasteiger partial charge in [-0.3, -0.25) is 0 Å². The number of nitrogens with two attached hydrogens (primary N) is 1. The quantitative estimate of drug-likeness (QED) is 0.840. The van der Waals surface area contributed by atoms with Gasteiger partial charge in [0.25, 0.3) is 0 Å². The average Bonchev–Trinajstić information content (AvgIpc) is 2.23. The lowest BCUT2D eigenvalue weighted by Gasteiger charge is -2.39. The Hall–Kier alpha value is -0.280. The van der Waals surface area contributed by atoms with Gasteiger partial charge in [-0.2, -0.15) is 0 Å². The largest absolute Gasteiger partial charge is 0.321 e. The van der Waals surface area contributed by atoms with Gasteiger partial charge in [0.15, 0.2) is 0 Å². The van der Waals surface area contributed by atoms with Gasteiger partial charge in [-0.25, -0.2) is 0 Å². The van der Waals surface area contributed by atoms with E-state index in [0.717, 1.165) is 31.5 Å². The lowest BCUT2D eigenvalue weighted by Crippen LogP contribution is -2.47. The van der Waals surface area contributed by atoms with Crippen molar-refractivity contribution in [1.29, 1.82) is 0 Å². The number of hydrogen-bond donors (Lipinski definition) is 1. The Morgan fingerprint density at radius 1 is 1.19 bits per heavy atom. The van der Waals surface area contributed by atoms with Crippen LogP contribution >= 0.6 is 23.2 Å². The lowest BCUT2D eigenvalue weighted by molar-refractivity contribution is 0.191. The molecule has 0 radical (unpaired) electrons. The molecule has 0 atom stereocenters. The summed E-state index contributed by atoms with van der Waals surface area (Å²) < 4.78 is 0. The molecular formula is C12H16Cl2N2. The normalized spacial score (nSPS) is 21.0. The van der Waals surface area contributed by atoms with E-state index in [1.54, 1.807) is 0 Å². The molecule has 1 saturated heterocycles. The van der Waals surface area contributed by atoms with Gasteiger partial charge in [-0.1, -0.05) is 29.3 Å². The molecule has 0 amide bonds. The number of rotatable bonds is 1. The number of likely N-dealkylation sites (tertiary alicyclic amines) is 1. The van der Waals surface area contributed by atoms with Crippen LogP contribution in [0.25, 0.3) is 0 Å². The van der Waals surface area contributed by atoms with E-state index in [4.69, 9.17) is 28.9 Å². The van der Waals surface area contributed by atoms with Gasteiger partial charge in [0, 0.05) is 21.1 Å². The predicted molar refractivity (Wildman–Crippen MR) is 69.1 cm³/mol. The molecule has 2 rings (SSSR count). The summed E-state index contributed by atoms with van der Waals surface area (Å²) in [5.41, 5.74) is 6.98. The highest BCUT2D eigenvalue weighted by molar-refractivity contribution is 6.36. The minimum absolute atomic E-state index is 0.373. The minimum Gasteiger partial charge on any atom is -0.321 e. The molecule has 1 aliphatic heterocycles. The second-order valence-electron chi connectivity index (χ2n) is 4.56. The molecule has 1 aromatic rings.